The highest BCUT2D eigenvalue weighted by molar-refractivity contribution is 5.85. The van der Waals surface area contributed by atoms with Crippen LogP contribution < -0.4 is 4.74 Å². The van der Waals surface area contributed by atoms with Gasteiger partial charge in [0.2, 0.25) is 0 Å². The molecule has 3 aromatic rings. The van der Waals surface area contributed by atoms with Crippen molar-refractivity contribution in [3.8, 4) is 5.75 Å². The summed E-state index contributed by atoms with van der Waals surface area (Å²) in [5, 5.41) is 11.3. The zero-order valence-electron chi connectivity index (χ0n) is 18.3. The van der Waals surface area contributed by atoms with Crippen LogP contribution in [0.3, 0.4) is 0 Å². The Morgan fingerprint density at radius 1 is 0.750 bits per heavy atom. The van der Waals surface area contributed by atoms with Gasteiger partial charge in [0.25, 0.3) is 0 Å². The van der Waals surface area contributed by atoms with Gasteiger partial charge in [0.1, 0.15) is 5.75 Å². The van der Waals surface area contributed by atoms with Gasteiger partial charge in [-0.1, -0.05) is 72.8 Å². The third kappa shape index (κ3) is 6.47. The minimum Gasteiger partial charge on any atom is -0.497 e. The standard InChI is InChI=1S/C26H30N2O2.2ClH/c1-30-24-14-12-21(13-15-24)20-27-16-18-28(19-17-27)25(22-8-4-2-5-9-22)26(29)23-10-6-3-7-11-23;;/h2-15,25-26,29H,16-20H2,1H3;2*1H. The van der Waals surface area contributed by atoms with Crippen LogP contribution in [0.4, 0.5) is 0 Å². The van der Waals surface area contributed by atoms with E-state index in [1.54, 1.807) is 7.11 Å². The molecule has 4 nitrogen and oxygen atoms in total. The minimum absolute atomic E-state index is 0. The van der Waals surface area contributed by atoms with Crippen molar-refractivity contribution in [1.29, 1.82) is 0 Å². The van der Waals surface area contributed by atoms with Crippen molar-refractivity contribution < 1.29 is 9.84 Å². The lowest BCUT2D eigenvalue weighted by molar-refractivity contribution is 0.0149. The van der Waals surface area contributed by atoms with Crippen LogP contribution in [0.15, 0.2) is 84.9 Å². The summed E-state index contributed by atoms with van der Waals surface area (Å²) in [4.78, 5) is 4.91. The van der Waals surface area contributed by atoms with Gasteiger partial charge in [0.05, 0.1) is 19.3 Å². The molecule has 172 valence electrons. The fourth-order valence-electron chi connectivity index (χ4n) is 4.26. The average molecular weight is 475 g/mol. The predicted molar refractivity (Wildman–Crippen MR) is 135 cm³/mol. The first kappa shape index (κ1) is 26.2. The maximum atomic E-state index is 11.3. The van der Waals surface area contributed by atoms with E-state index in [0.29, 0.717) is 0 Å². The zero-order valence-corrected chi connectivity index (χ0v) is 20.0. The number of rotatable bonds is 7. The molecular weight excluding hydrogens is 443 g/mol. The molecular formula is C26H32Cl2N2O2. The number of halogens is 2. The van der Waals surface area contributed by atoms with Crippen LogP contribution in [-0.2, 0) is 6.54 Å². The molecule has 1 saturated heterocycles. The summed E-state index contributed by atoms with van der Waals surface area (Å²) >= 11 is 0. The molecule has 1 fully saturated rings. The summed E-state index contributed by atoms with van der Waals surface area (Å²) < 4.78 is 5.26. The van der Waals surface area contributed by atoms with E-state index in [2.05, 4.69) is 46.2 Å². The van der Waals surface area contributed by atoms with Crippen LogP contribution in [-0.4, -0.2) is 48.2 Å². The normalized spacial score (nSPS) is 16.3. The molecule has 0 aromatic heterocycles. The second-order valence-electron chi connectivity index (χ2n) is 7.87. The van der Waals surface area contributed by atoms with E-state index in [1.165, 1.54) is 5.56 Å². The predicted octanol–water partition coefficient (Wildman–Crippen LogP) is 5.13. The number of methoxy groups -OCH3 is 1. The first-order chi connectivity index (χ1) is 14.7. The fraction of sp³-hybridized carbons (Fsp3) is 0.308. The maximum absolute atomic E-state index is 11.3. The van der Waals surface area contributed by atoms with Crippen molar-refractivity contribution in [2.75, 3.05) is 33.3 Å². The number of benzene rings is 3. The summed E-state index contributed by atoms with van der Waals surface area (Å²) in [6, 6.07) is 28.7. The monoisotopic (exact) mass is 474 g/mol. The molecule has 6 heteroatoms. The molecule has 1 aliphatic rings. The van der Waals surface area contributed by atoms with Crippen LogP contribution in [0, 0.1) is 0 Å². The third-order valence-electron chi connectivity index (χ3n) is 5.95. The second-order valence-corrected chi connectivity index (χ2v) is 7.87. The summed E-state index contributed by atoms with van der Waals surface area (Å²) in [5.74, 6) is 0.893. The number of aliphatic hydroxyl groups excluding tert-OH is 1. The molecule has 0 spiro atoms. The number of hydrogen-bond acceptors (Lipinski definition) is 4. The van der Waals surface area contributed by atoms with Crippen LogP contribution in [0.5, 0.6) is 5.75 Å². The van der Waals surface area contributed by atoms with Crippen molar-refractivity contribution in [3.63, 3.8) is 0 Å². The van der Waals surface area contributed by atoms with Crippen LogP contribution in [0.2, 0.25) is 0 Å². The molecule has 0 bridgehead atoms. The molecule has 32 heavy (non-hydrogen) atoms. The number of nitrogens with zero attached hydrogens (tertiary/aromatic N) is 2. The summed E-state index contributed by atoms with van der Waals surface area (Å²) in [6.07, 6.45) is -0.554. The Hall–Kier alpha value is -2.08. The smallest absolute Gasteiger partial charge is 0.118 e. The van der Waals surface area contributed by atoms with E-state index in [0.717, 1.165) is 49.6 Å². The van der Waals surface area contributed by atoms with E-state index < -0.39 is 6.10 Å². The van der Waals surface area contributed by atoms with Crippen molar-refractivity contribution in [1.82, 2.24) is 9.80 Å². The second kappa shape index (κ2) is 12.8. The lowest BCUT2D eigenvalue weighted by atomic mass is 9.94. The lowest BCUT2D eigenvalue weighted by Crippen LogP contribution is -2.48. The molecule has 0 saturated carbocycles. The van der Waals surface area contributed by atoms with E-state index in [1.807, 2.05) is 48.5 Å². The number of aliphatic hydroxyl groups is 1. The molecule has 0 radical (unpaired) electrons. The van der Waals surface area contributed by atoms with Gasteiger partial charge >= 0.3 is 0 Å². The van der Waals surface area contributed by atoms with E-state index in [-0.39, 0.29) is 30.9 Å². The van der Waals surface area contributed by atoms with Crippen LogP contribution >= 0.6 is 24.8 Å². The van der Waals surface area contributed by atoms with Crippen LogP contribution in [0.25, 0.3) is 0 Å². The fourth-order valence-corrected chi connectivity index (χ4v) is 4.26. The number of hydrogen-bond donors (Lipinski definition) is 1. The number of piperazine rings is 1. The van der Waals surface area contributed by atoms with Crippen LogP contribution in [0.1, 0.15) is 28.8 Å². The first-order valence-corrected chi connectivity index (χ1v) is 10.6. The van der Waals surface area contributed by atoms with Gasteiger partial charge in [-0.05, 0) is 28.8 Å². The molecule has 1 heterocycles. The van der Waals surface area contributed by atoms with Gasteiger partial charge in [-0.2, -0.15) is 0 Å². The highest BCUT2D eigenvalue weighted by Crippen LogP contribution is 2.34. The minimum atomic E-state index is -0.554. The topological polar surface area (TPSA) is 35.9 Å². The quantitative estimate of drug-likeness (QED) is 0.514. The molecule has 4 rings (SSSR count). The lowest BCUT2D eigenvalue weighted by Gasteiger charge is -2.41. The van der Waals surface area contributed by atoms with E-state index in [9.17, 15) is 5.11 Å². The SMILES string of the molecule is COc1ccc(CN2CCN(C(c3ccccc3)C(O)c3ccccc3)CC2)cc1.Cl.Cl. The van der Waals surface area contributed by atoms with Gasteiger partial charge in [0.15, 0.2) is 0 Å². The van der Waals surface area contributed by atoms with Crippen molar-refractivity contribution in [2.45, 2.75) is 18.7 Å². The highest BCUT2D eigenvalue weighted by Gasteiger charge is 2.31. The van der Waals surface area contributed by atoms with Gasteiger partial charge in [-0.3, -0.25) is 9.80 Å². The molecule has 3 aromatic carbocycles. The largest absolute Gasteiger partial charge is 0.497 e. The van der Waals surface area contributed by atoms with Crippen molar-refractivity contribution >= 4 is 24.8 Å². The Balaban J connectivity index is 0.00000181. The summed E-state index contributed by atoms with van der Waals surface area (Å²) in [5.41, 5.74) is 3.43. The Labute approximate surface area is 203 Å². The molecule has 0 aliphatic carbocycles. The van der Waals surface area contributed by atoms with Crippen molar-refractivity contribution in [2.24, 2.45) is 0 Å². The van der Waals surface area contributed by atoms with Gasteiger partial charge < -0.3 is 9.84 Å². The zero-order chi connectivity index (χ0) is 20.8. The van der Waals surface area contributed by atoms with E-state index >= 15 is 0 Å². The molecule has 2 unspecified atom stereocenters. The number of ether oxygens (including phenoxy) is 1. The Bertz CT molecular complexity index is 902. The van der Waals surface area contributed by atoms with Gasteiger partial charge in [-0.15, -0.1) is 24.8 Å². The molecule has 2 atom stereocenters. The summed E-state index contributed by atoms with van der Waals surface area (Å²) in [6.45, 7) is 4.77. The van der Waals surface area contributed by atoms with E-state index in [4.69, 9.17) is 4.74 Å². The van der Waals surface area contributed by atoms with Gasteiger partial charge in [0, 0.05) is 32.7 Å². The van der Waals surface area contributed by atoms with Gasteiger partial charge in [-0.25, -0.2) is 0 Å². The molecule has 0 amide bonds. The molecule has 1 N–H and O–H groups in total. The van der Waals surface area contributed by atoms with Crippen molar-refractivity contribution in [3.05, 3.63) is 102 Å². The molecule has 1 aliphatic heterocycles. The summed E-state index contributed by atoms with van der Waals surface area (Å²) in [7, 11) is 1.70. The Morgan fingerprint density at radius 2 is 1.28 bits per heavy atom. The maximum Gasteiger partial charge on any atom is 0.118 e. The highest BCUT2D eigenvalue weighted by atomic mass is 35.5. The Morgan fingerprint density at radius 3 is 1.81 bits per heavy atom. The average Bonchev–Trinajstić information content (AvgIpc) is 2.82. The first-order valence-electron chi connectivity index (χ1n) is 10.6. The third-order valence-corrected chi connectivity index (χ3v) is 5.95. The Kier molecular flexibility index (Phi) is 10.5.